The van der Waals surface area contributed by atoms with E-state index in [-0.39, 0.29) is 11.9 Å². The van der Waals surface area contributed by atoms with Crippen molar-refractivity contribution in [3.8, 4) is 0 Å². The maximum atomic E-state index is 11.7. The van der Waals surface area contributed by atoms with Gasteiger partial charge in [0.15, 0.2) is 0 Å². The molecular weight excluding hydrogens is 204 g/mol. The molecule has 0 bridgehead atoms. The molecule has 1 aromatic heterocycles. The number of nitrogens with zero attached hydrogens (tertiary/aromatic N) is 2. The Morgan fingerprint density at radius 1 is 1.62 bits per heavy atom. The molecule has 5 heteroatoms. The number of hydrogen-bond donors (Lipinski definition) is 2. The first-order chi connectivity index (χ1) is 7.56. The van der Waals surface area contributed by atoms with Gasteiger partial charge in [-0.3, -0.25) is 4.79 Å². The summed E-state index contributed by atoms with van der Waals surface area (Å²) in [6, 6.07) is 1.55. The molecule has 0 aliphatic carbocycles. The Kier molecular flexibility index (Phi) is 4.49. The molecule has 3 N–H and O–H groups in total. The van der Waals surface area contributed by atoms with Crippen molar-refractivity contribution in [1.82, 2.24) is 9.78 Å². The number of nitrogens with one attached hydrogen (secondary N) is 1. The van der Waals surface area contributed by atoms with Gasteiger partial charge in [0.1, 0.15) is 5.82 Å². The van der Waals surface area contributed by atoms with Gasteiger partial charge < -0.3 is 11.1 Å². The van der Waals surface area contributed by atoms with Crippen LogP contribution in [-0.2, 0) is 4.79 Å². The Bertz CT molecular complexity index is 346. The van der Waals surface area contributed by atoms with E-state index in [1.807, 2.05) is 20.8 Å². The van der Waals surface area contributed by atoms with Crippen LogP contribution in [0, 0.1) is 0 Å². The molecule has 0 radical (unpaired) electrons. The number of carbonyl (C=O) groups is 1. The van der Waals surface area contributed by atoms with E-state index in [1.54, 1.807) is 16.9 Å². The number of hydrogen-bond acceptors (Lipinski definition) is 3. The fourth-order valence-electron chi connectivity index (χ4n) is 1.49. The van der Waals surface area contributed by atoms with E-state index >= 15 is 0 Å². The normalized spacial score (nSPS) is 12.8. The molecule has 1 aromatic rings. The lowest BCUT2D eigenvalue weighted by Crippen LogP contribution is -2.36. The van der Waals surface area contributed by atoms with E-state index in [1.165, 1.54) is 0 Å². The van der Waals surface area contributed by atoms with Gasteiger partial charge >= 0.3 is 0 Å². The average Bonchev–Trinajstić information content (AvgIpc) is 2.66. The number of carbonyl (C=O) groups excluding carboxylic acids is 1. The van der Waals surface area contributed by atoms with Crippen molar-refractivity contribution in [2.75, 3.05) is 5.32 Å². The number of anilines is 1. The Morgan fingerprint density at radius 3 is 2.88 bits per heavy atom. The molecule has 0 aromatic carbocycles. The van der Waals surface area contributed by atoms with Crippen molar-refractivity contribution in [1.29, 1.82) is 0 Å². The van der Waals surface area contributed by atoms with Gasteiger partial charge in [0.2, 0.25) is 5.91 Å². The third-order valence-electron chi connectivity index (χ3n) is 2.35. The summed E-state index contributed by atoms with van der Waals surface area (Å²) in [5.41, 5.74) is 5.73. The average molecular weight is 224 g/mol. The van der Waals surface area contributed by atoms with Crippen LogP contribution in [0.1, 0.15) is 39.7 Å². The van der Waals surface area contributed by atoms with E-state index in [0.717, 1.165) is 6.42 Å². The standard InChI is InChI=1S/C11H20N4O/c1-4-5-9(12)11(16)14-10-6-7-13-15(10)8(2)3/h6-9H,4-5,12H2,1-3H3,(H,14,16)/t9-/m0/s1. The monoisotopic (exact) mass is 224 g/mol. The molecule has 1 rings (SSSR count). The van der Waals surface area contributed by atoms with Crippen LogP contribution in [0.15, 0.2) is 12.3 Å². The van der Waals surface area contributed by atoms with Crippen LogP contribution in [0.3, 0.4) is 0 Å². The first-order valence-corrected chi connectivity index (χ1v) is 5.66. The summed E-state index contributed by atoms with van der Waals surface area (Å²) in [6.45, 7) is 6.02. The van der Waals surface area contributed by atoms with Gasteiger partial charge in [0.05, 0.1) is 12.2 Å². The number of aromatic nitrogens is 2. The van der Waals surface area contributed by atoms with Crippen LogP contribution < -0.4 is 11.1 Å². The molecule has 90 valence electrons. The highest BCUT2D eigenvalue weighted by molar-refractivity contribution is 5.93. The van der Waals surface area contributed by atoms with Crippen LogP contribution in [0.2, 0.25) is 0 Å². The van der Waals surface area contributed by atoms with Gasteiger partial charge in [-0.1, -0.05) is 13.3 Å². The smallest absolute Gasteiger partial charge is 0.242 e. The Hall–Kier alpha value is -1.36. The molecule has 5 nitrogen and oxygen atoms in total. The molecule has 0 aliphatic rings. The SMILES string of the molecule is CCC[C@H](N)C(=O)Nc1ccnn1C(C)C. The van der Waals surface area contributed by atoms with Crippen molar-refractivity contribution < 1.29 is 4.79 Å². The molecule has 0 unspecified atom stereocenters. The summed E-state index contributed by atoms with van der Waals surface area (Å²) < 4.78 is 1.76. The van der Waals surface area contributed by atoms with Gasteiger partial charge in [-0.2, -0.15) is 5.10 Å². The molecule has 0 aliphatic heterocycles. The molecule has 16 heavy (non-hydrogen) atoms. The second-order valence-corrected chi connectivity index (χ2v) is 4.14. The lowest BCUT2D eigenvalue weighted by Gasteiger charge is -2.14. The van der Waals surface area contributed by atoms with Crippen LogP contribution in [-0.4, -0.2) is 21.7 Å². The second-order valence-electron chi connectivity index (χ2n) is 4.14. The van der Waals surface area contributed by atoms with E-state index < -0.39 is 6.04 Å². The highest BCUT2D eigenvalue weighted by atomic mass is 16.2. The van der Waals surface area contributed by atoms with E-state index in [9.17, 15) is 4.79 Å². The maximum Gasteiger partial charge on any atom is 0.242 e. The Balaban J connectivity index is 2.66. The van der Waals surface area contributed by atoms with Crippen molar-refractivity contribution in [2.24, 2.45) is 5.73 Å². The molecule has 0 fully saturated rings. The fourth-order valence-corrected chi connectivity index (χ4v) is 1.49. The molecular formula is C11H20N4O. The van der Waals surface area contributed by atoms with E-state index in [0.29, 0.717) is 12.2 Å². The third kappa shape index (κ3) is 3.06. The predicted octanol–water partition coefficient (Wildman–Crippen LogP) is 1.53. The van der Waals surface area contributed by atoms with E-state index in [2.05, 4.69) is 10.4 Å². The van der Waals surface area contributed by atoms with Crippen molar-refractivity contribution in [3.63, 3.8) is 0 Å². The van der Waals surface area contributed by atoms with Crippen molar-refractivity contribution in [3.05, 3.63) is 12.3 Å². The lowest BCUT2D eigenvalue weighted by molar-refractivity contribution is -0.117. The Labute approximate surface area is 96.0 Å². The molecule has 1 amide bonds. The van der Waals surface area contributed by atoms with Crippen molar-refractivity contribution >= 4 is 11.7 Å². The number of amides is 1. The zero-order valence-corrected chi connectivity index (χ0v) is 10.1. The predicted molar refractivity (Wildman–Crippen MR) is 64.1 cm³/mol. The van der Waals surface area contributed by atoms with Crippen LogP contribution >= 0.6 is 0 Å². The molecule has 0 saturated heterocycles. The molecule has 1 heterocycles. The van der Waals surface area contributed by atoms with Gasteiger partial charge in [-0.15, -0.1) is 0 Å². The molecule has 0 saturated carbocycles. The zero-order valence-electron chi connectivity index (χ0n) is 10.1. The van der Waals surface area contributed by atoms with Crippen LogP contribution in [0.5, 0.6) is 0 Å². The Morgan fingerprint density at radius 2 is 2.31 bits per heavy atom. The summed E-state index contributed by atoms with van der Waals surface area (Å²) in [6.07, 6.45) is 3.26. The van der Waals surface area contributed by atoms with Crippen LogP contribution in [0.25, 0.3) is 0 Å². The minimum absolute atomic E-state index is 0.149. The molecule has 0 spiro atoms. The fraction of sp³-hybridized carbons (Fsp3) is 0.636. The summed E-state index contributed by atoms with van der Waals surface area (Å²) in [5.74, 6) is 0.552. The van der Waals surface area contributed by atoms with E-state index in [4.69, 9.17) is 5.73 Å². The van der Waals surface area contributed by atoms with Gasteiger partial charge in [0, 0.05) is 12.1 Å². The number of nitrogens with two attached hydrogens (primary N) is 1. The minimum Gasteiger partial charge on any atom is -0.320 e. The first-order valence-electron chi connectivity index (χ1n) is 5.66. The largest absolute Gasteiger partial charge is 0.320 e. The maximum absolute atomic E-state index is 11.7. The van der Waals surface area contributed by atoms with Gasteiger partial charge in [0.25, 0.3) is 0 Å². The van der Waals surface area contributed by atoms with Gasteiger partial charge in [-0.25, -0.2) is 4.68 Å². The zero-order chi connectivity index (χ0) is 12.1. The lowest BCUT2D eigenvalue weighted by atomic mass is 10.2. The summed E-state index contributed by atoms with van der Waals surface area (Å²) in [4.78, 5) is 11.7. The van der Waals surface area contributed by atoms with Crippen LogP contribution in [0.4, 0.5) is 5.82 Å². The highest BCUT2D eigenvalue weighted by Gasteiger charge is 2.15. The van der Waals surface area contributed by atoms with Crippen molar-refractivity contribution in [2.45, 2.75) is 45.7 Å². The highest BCUT2D eigenvalue weighted by Crippen LogP contribution is 2.13. The quantitative estimate of drug-likeness (QED) is 0.796. The summed E-state index contributed by atoms with van der Waals surface area (Å²) in [5, 5.41) is 6.93. The van der Waals surface area contributed by atoms with Gasteiger partial charge in [-0.05, 0) is 20.3 Å². The number of rotatable bonds is 5. The second kappa shape index (κ2) is 5.65. The first kappa shape index (κ1) is 12.7. The topological polar surface area (TPSA) is 72.9 Å². The summed E-state index contributed by atoms with van der Waals surface area (Å²) >= 11 is 0. The minimum atomic E-state index is -0.444. The summed E-state index contributed by atoms with van der Waals surface area (Å²) in [7, 11) is 0. The third-order valence-corrected chi connectivity index (χ3v) is 2.35. The molecule has 1 atom stereocenters.